The second kappa shape index (κ2) is 9.37. The van der Waals surface area contributed by atoms with Crippen molar-refractivity contribution in [2.45, 2.75) is 13.2 Å². The van der Waals surface area contributed by atoms with E-state index >= 15 is 0 Å². The molecule has 0 saturated heterocycles. The molecule has 3 nitrogen and oxygen atoms in total. The Labute approximate surface area is 177 Å². The van der Waals surface area contributed by atoms with E-state index < -0.39 is 5.82 Å². The predicted molar refractivity (Wildman–Crippen MR) is 113 cm³/mol. The smallest absolute Gasteiger partial charge is 0.137 e. The lowest BCUT2D eigenvalue weighted by molar-refractivity contribution is 0.297. The minimum Gasteiger partial charge on any atom is -0.495 e. The molecule has 0 spiro atoms. The van der Waals surface area contributed by atoms with E-state index in [2.05, 4.69) is 5.32 Å². The summed E-state index contributed by atoms with van der Waals surface area (Å²) in [6.45, 7) is 0.443. The van der Waals surface area contributed by atoms with Crippen molar-refractivity contribution in [3.05, 3.63) is 86.6 Å². The number of nitrogens with one attached hydrogen (secondary N) is 1. The zero-order valence-electron chi connectivity index (χ0n) is 14.9. The van der Waals surface area contributed by atoms with Crippen molar-refractivity contribution in [3.63, 3.8) is 0 Å². The average Bonchev–Trinajstić information content (AvgIpc) is 2.67. The van der Waals surface area contributed by atoms with E-state index in [0.29, 0.717) is 38.7 Å². The zero-order valence-corrected chi connectivity index (χ0v) is 17.2. The van der Waals surface area contributed by atoms with Gasteiger partial charge in [-0.1, -0.05) is 40.9 Å². The molecule has 0 amide bonds. The van der Waals surface area contributed by atoms with Crippen LogP contribution in [0.5, 0.6) is 11.5 Å². The lowest BCUT2D eigenvalue weighted by Crippen LogP contribution is -2.05. The van der Waals surface area contributed by atoms with Crippen LogP contribution in [0.4, 0.5) is 10.1 Å². The van der Waals surface area contributed by atoms with Crippen molar-refractivity contribution in [2.24, 2.45) is 0 Å². The third-order valence-electron chi connectivity index (χ3n) is 4.09. The van der Waals surface area contributed by atoms with E-state index in [1.165, 1.54) is 6.07 Å². The molecule has 7 heteroatoms. The molecule has 0 fully saturated rings. The van der Waals surface area contributed by atoms with Gasteiger partial charge in [0.25, 0.3) is 0 Å². The number of hydrogen-bond donors (Lipinski definition) is 1. The Bertz CT molecular complexity index is 962. The van der Waals surface area contributed by atoms with Gasteiger partial charge in [0.1, 0.15) is 23.9 Å². The first kappa shape index (κ1) is 20.6. The number of ether oxygens (including phenoxy) is 2. The first-order valence-electron chi connectivity index (χ1n) is 8.39. The molecular formula is C21H17Cl3FNO2. The molecule has 0 aliphatic rings. The molecule has 0 aliphatic heterocycles. The van der Waals surface area contributed by atoms with Gasteiger partial charge >= 0.3 is 0 Å². The lowest BCUT2D eigenvalue weighted by atomic mass is 10.2. The molecule has 1 N–H and O–H groups in total. The number of rotatable bonds is 7. The van der Waals surface area contributed by atoms with Crippen LogP contribution in [0.25, 0.3) is 0 Å². The monoisotopic (exact) mass is 439 g/mol. The number of anilines is 1. The van der Waals surface area contributed by atoms with Gasteiger partial charge in [0.2, 0.25) is 0 Å². The molecule has 3 aromatic rings. The van der Waals surface area contributed by atoms with Gasteiger partial charge in [-0.15, -0.1) is 0 Å². The molecule has 0 radical (unpaired) electrons. The average molecular weight is 441 g/mol. The quantitative estimate of drug-likeness (QED) is 0.429. The minimum absolute atomic E-state index is 0.00844. The molecule has 0 atom stereocenters. The minimum atomic E-state index is -0.408. The van der Waals surface area contributed by atoms with Gasteiger partial charge in [0, 0.05) is 28.4 Å². The van der Waals surface area contributed by atoms with Crippen LogP contribution in [-0.4, -0.2) is 7.11 Å². The summed E-state index contributed by atoms with van der Waals surface area (Å²) in [4.78, 5) is 0. The van der Waals surface area contributed by atoms with Crippen molar-refractivity contribution >= 4 is 40.5 Å². The Morgan fingerprint density at radius 3 is 2.43 bits per heavy atom. The molecule has 146 valence electrons. The van der Waals surface area contributed by atoms with Crippen LogP contribution >= 0.6 is 34.8 Å². The molecule has 3 aromatic carbocycles. The normalized spacial score (nSPS) is 10.6. The van der Waals surface area contributed by atoms with E-state index in [4.69, 9.17) is 44.3 Å². The Morgan fingerprint density at radius 1 is 0.929 bits per heavy atom. The fraction of sp³-hybridized carbons (Fsp3) is 0.143. The van der Waals surface area contributed by atoms with Crippen molar-refractivity contribution in [1.29, 1.82) is 0 Å². The van der Waals surface area contributed by atoms with Crippen LogP contribution in [-0.2, 0) is 13.2 Å². The zero-order chi connectivity index (χ0) is 20.1. The Balaban J connectivity index is 1.74. The number of hydrogen-bond acceptors (Lipinski definition) is 3. The third-order valence-corrected chi connectivity index (χ3v) is 4.98. The Kier molecular flexibility index (Phi) is 6.89. The molecule has 28 heavy (non-hydrogen) atoms. The van der Waals surface area contributed by atoms with Crippen LogP contribution in [0.3, 0.4) is 0 Å². The summed E-state index contributed by atoms with van der Waals surface area (Å²) in [5.74, 6) is 0.769. The number of benzene rings is 3. The largest absolute Gasteiger partial charge is 0.495 e. The van der Waals surface area contributed by atoms with Crippen LogP contribution in [0.15, 0.2) is 54.6 Å². The van der Waals surface area contributed by atoms with Gasteiger partial charge in [0.05, 0.1) is 17.2 Å². The summed E-state index contributed by atoms with van der Waals surface area (Å²) in [7, 11) is 1.56. The highest BCUT2D eigenvalue weighted by molar-refractivity contribution is 6.32. The van der Waals surface area contributed by atoms with Crippen LogP contribution in [0.1, 0.15) is 11.1 Å². The molecule has 0 unspecified atom stereocenters. The lowest BCUT2D eigenvalue weighted by Gasteiger charge is -2.15. The summed E-state index contributed by atoms with van der Waals surface area (Å²) in [6, 6.07) is 15.2. The Hall–Kier alpha value is -2.14. The summed E-state index contributed by atoms with van der Waals surface area (Å²) in [6.07, 6.45) is 0. The topological polar surface area (TPSA) is 30.5 Å². The van der Waals surface area contributed by atoms with Gasteiger partial charge in [-0.25, -0.2) is 4.39 Å². The second-order valence-corrected chi connectivity index (χ2v) is 7.19. The summed E-state index contributed by atoms with van der Waals surface area (Å²) >= 11 is 18.4. The van der Waals surface area contributed by atoms with Gasteiger partial charge in [-0.2, -0.15) is 0 Å². The highest BCUT2D eigenvalue weighted by Crippen LogP contribution is 2.29. The van der Waals surface area contributed by atoms with Gasteiger partial charge < -0.3 is 14.8 Å². The number of methoxy groups -OCH3 is 1. The first-order valence-corrected chi connectivity index (χ1v) is 9.53. The fourth-order valence-electron chi connectivity index (χ4n) is 2.62. The van der Waals surface area contributed by atoms with E-state index in [0.717, 1.165) is 11.3 Å². The van der Waals surface area contributed by atoms with E-state index in [1.807, 2.05) is 6.07 Å². The van der Waals surface area contributed by atoms with Gasteiger partial charge in [-0.3, -0.25) is 0 Å². The summed E-state index contributed by atoms with van der Waals surface area (Å²) < 4.78 is 24.9. The van der Waals surface area contributed by atoms with Crippen LogP contribution in [0.2, 0.25) is 15.1 Å². The SMILES string of the molecule is COc1ccc(NCc2cc(Cl)ccc2OCc2c(F)cccc2Cl)cc1Cl. The molecule has 0 aliphatic carbocycles. The third kappa shape index (κ3) is 5.02. The summed E-state index contributed by atoms with van der Waals surface area (Å²) in [5, 5.41) is 4.66. The van der Waals surface area contributed by atoms with Gasteiger partial charge in [0.15, 0.2) is 0 Å². The molecule has 0 aromatic heterocycles. The Morgan fingerprint density at radius 2 is 1.71 bits per heavy atom. The van der Waals surface area contributed by atoms with Crippen molar-refractivity contribution in [1.82, 2.24) is 0 Å². The molecule has 0 saturated carbocycles. The molecule has 3 rings (SSSR count). The highest BCUT2D eigenvalue weighted by Gasteiger charge is 2.11. The van der Waals surface area contributed by atoms with E-state index in [9.17, 15) is 4.39 Å². The van der Waals surface area contributed by atoms with E-state index in [1.54, 1.807) is 49.6 Å². The number of halogens is 4. The van der Waals surface area contributed by atoms with Crippen LogP contribution in [0, 0.1) is 5.82 Å². The van der Waals surface area contributed by atoms with Crippen molar-refractivity contribution in [2.75, 3.05) is 12.4 Å². The second-order valence-electron chi connectivity index (χ2n) is 5.94. The predicted octanol–water partition coefficient (Wildman–Crippen LogP) is 6.99. The fourth-order valence-corrected chi connectivity index (χ4v) is 3.29. The highest BCUT2D eigenvalue weighted by atomic mass is 35.5. The van der Waals surface area contributed by atoms with Crippen molar-refractivity contribution < 1.29 is 13.9 Å². The van der Waals surface area contributed by atoms with Crippen LogP contribution < -0.4 is 14.8 Å². The maximum Gasteiger partial charge on any atom is 0.137 e. The first-order chi connectivity index (χ1) is 13.5. The van der Waals surface area contributed by atoms with Gasteiger partial charge in [-0.05, 0) is 48.5 Å². The maximum atomic E-state index is 14.0. The molecule has 0 bridgehead atoms. The standard InChI is InChI=1S/C21H17Cl3FNO2/c1-27-21-8-6-15(10-18(21)24)26-11-13-9-14(22)5-7-20(13)28-12-16-17(23)3-2-4-19(16)25/h2-10,26H,11-12H2,1H3. The molecular weight excluding hydrogens is 424 g/mol. The summed E-state index contributed by atoms with van der Waals surface area (Å²) in [5.41, 5.74) is 1.93. The molecule has 0 heterocycles. The van der Waals surface area contributed by atoms with E-state index in [-0.39, 0.29) is 6.61 Å². The van der Waals surface area contributed by atoms with Crippen molar-refractivity contribution in [3.8, 4) is 11.5 Å². The maximum absolute atomic E-state index is 14.0.